The van der Waals surface area contributed by atoms with E-state index >= 15 is 0 Å². The lowest BCUT2D eigenvalue weighted by Gasteiger charge is -2.34. The third-order valence-corrected chi connectivity index (χ3v) is 4.10. The molecule has 1 saturated carbocycles. The molecule has 98 valence electrons. The van der Waals surface area contributed by atoms with E-state index in [2.05, 4.69) is 19.0 Å². The Bertz CT molecular complexity index is 297. The van der Waals surface area contributed by atoms with E-state index in [9.17, 15) is 4.79 Å². The molecular formula is C13H25N3O. The number of hydrogen-bond acceptors (Lipinski definition) is 3. The van der Waals surface area contributed by atoms with Crippen LogP contribution in [0.5, 0.6) is 0 Å². The minimum atomic E-state index is -0.630. The Morgan fingerprint density at radius 2 is 2.06 bits per heavy atom. The zero-order valence-electron chi connectivity index (χ0n) is 11.3. The van der Waals surface area contributed by atoms with Crippen molar-refractivity contribution in [3.05, 3.63) is 0 Å². The van der Waals surface area contributed by atoms with Gasteiger partial charge in [0.05, 0.1) is 5.54 Å². The minimum absolute atomic E-state index is 0.171. The number of hydrogen-bond donors (Lipinski definition) is 1. The summed E-state index contributed by atoms with van der Waals surface area (Å²) in [5.41, 5.74) is 5.60. The van der Waals surface area contributed by atoms with Gasteiger partial charge in [-0.05, 0) is 52.6 Å². The molecule has 0 aromatic carbocycles. The Labute approximate surface area is 104 Å². The lowest BCUT2D eigenvalue weighted by molar-refractivity contribution is -0.138. The van der Waals surface area contributed by atoms with Gasteiger partial charge in [-0.15, -0.1) is 0 Å². The van der Waals surface area contributed by atoms with Gasteiger partial charge in [-0.25, -0.2) is 0 Å². The van der Waals surface area contributed by atoms with Crippen LogP contribution in [0.1, 0.15) is 32.6 Å². The van der Waals surface area contributed by atoms with Crippen LogP contribution in [-0.4, -0.2) is 54.5 Å². The molecule has 1 aliphatic heterocycles. The standard InChI is InChI=1S/C13H25N3O/c1-13(14,10-6-7-10)12(17)16-8-4-5-11(16)9-15(2)3/h10-11H,4-9,14H2,1-3H3. The lowest BCUT2D eigenvalue weighted by Crippen LogP contribution is -2.57. The van der Waals surface area contributed by atoms with Crippen molar-refractivity contribution in [1.82, 2.24) is 9.80 Å². The summed E-state index contributed by atoms with van der Waals surface area (Å²) in [7, 11) is 4.12. The Morgan fingerprint density at radius 1 is 1.41 bits per heavy atom. The highest BCUT2D eigenvalue weighted by molar-refractivity contribution is 5.87. The fourth-order valence-corrected chi connectivity index (χ4v) is 2.88. The molecule has 1 saturated heterocycles. The topological polar surface area (TPSA) is 49.6 Å². The minimum Gasteiger partial charge on any atom is -0.337 e. The van der Waals surface area contributed by atoms with E-state index in [1.807, 2.05) is 11.8 Å². The van der Waals surface area contributed by atoms with Crippen molar-refractivity contribution >= 4 is 5.91 Å². The van der Waals surface area contributed by atoms with E-state index in [0.717, 1.165) is 38.8 Å². The third kappa shape index (κ3) is 2.63. The highest BCUT2D eigenvalue weighted by Crippen LogP contribution is 2.39. The SMILES string of the molecule is CN(C)CC1CCCN1C(=O)C(C)(N)C1CC1. The maximum atomic E-state index is 12.5. The first-order valence-corrected chi connectivity index (χ1v) is 6.67. The molecule has 4 nitrogen and oxygen atoms in total. The van der Waals surface area contributed by atoms with Gasteiger partial charge in [0.2, 0.25) is 5.91 Å². The molecule has 0 bridgehead atoms. The van der Waals surface area contributed by atoms with Gasteiger partial charge in [-0.2, -0.15) is 0 Å². The van der Waals surface area contributed by atoms with Gasteiger partial charge in [-0.3, -0.25) is 4.79 Å². The molecule has 2 aliphatic rings. The summed E-state index contributed by atoms with van der Waals surface area (Å²) in [6, 6.07) is 0.360. The Hall–Kier alpha value is -0.610. The number of carbonyl (C=O) groups excluding carboxylic acids is 1. The van der Waals surface area contributed by atoms with Crippen molar-refractivity contribution in [2.75, 3.05) is 27.2 Å². The predicted molar refractivity (Wildman–Crippen MR) is 68.6 cm³/mol. The van der Waals surface area contributed by atoms with Gasteiger partial charge in [0.25, 0.3) is 0 Å². The van der Waals surface area contributed by atoms with Crippen LogP contribution in [0.25, 0.3) is 0 Å². The zero-order chi connectivity index (χ0) is 12.6. The third-order valence-electron chi connectivity index (χ3n) is 4.10. The summed E-state index contributed by atoms with van der Waals surface area (Å²) in [4.78, 5) is 16.7. The maximum Gasteiger partial charge on any atom is 0.242 e. The van der Waals surface area contributed by atoms with Crippen molar-refractivity contribution < 1.29 is 4.79 Å². The summed E-state index contributed by atoms with van der Waals surface area (Å²) >= 11 is 0. The van der Waals surface area contributed by atoms with Crippen LogP contribution in [0.3, 0.4) is 0 Å². The smallest absolute Gasteiger partial charge is 0.242 e. The molecule has 17 heavy (non-hydrogen) atoms. The zero-order valence-corrected chi connectivity index (χ0v) is 11.3. The summed E-state index contributed by atoms with van der Waals surface area (Å²) < 4.78 is 0. The molecule has 0 spiro atoms. The van der Waals surface area contributed by atoms with Gasteiger partial charge < -0.3 is 15.5 Å². The van der Waals surface area contributed by atoms with Crippen molar-refractivity contribution in [3.8, 4) is 0 Å². The molecule has 1 aliphatic carbocycles. The predicted octanol–water partition coefficient (Wildman–Crippen LogP) is 0.666. The summed E-state index contributed by atoms with van der Waals surface area (Å²) in [5, 5.41) is 0. The Kier molecular flexibility index (Phi) is 3.46. The molecule has 0 radical (unpaired) electrons. The second-order valence-corrected chi connectivity index (χ2v) is 6.11. The van der Waals surface area contributed by atoms with Gasteiger partial charge in [0, 0.05) is 19.1 Å². The van der Waals surface area contributed by atoms with Crippen LogP contribution in [0, 0.1) is 5.92 Å². The van der Waals surface area contributed by atoms with E-state index in [4.69, 9.17) is 5.73 Å². The van der Waals surface area contributed by atoms with E-state index < -0.39 is 5.54 Å². The fraction of sp³-hybridized carbons (Fsp3) is 0.923. The molecule has 4 heteroatoms. The van der Waals surface area contributed by atoms with E-state index in [1.54, 1.807) is 0 Å². The van der Waals surface area contributed by atoms with E-state index in [-0.39, 0.29) is 5.91 Å². The monoisotopic (exact) mass is 239 g/mol. The number of nitrogens with two attached hydrogens (primary N) is 1. The second kappa shape index (κ2) is 4.58. The summed E-state index contributed by atoms with van der Waals surface area (Å²) in [6.45, 7) is 3.75. The first-order valence-electron chi connectivity index (χ1n) is 6.67. The van der Waals surface area contributed by atoms with Crippen molar-refractivity contribution in [3.63, 3.8) is 0 Å². The van der Waals surface area contributed by atoms with Crippen LogP contribution >= 0.6 is 0 Å². The molecule has 2 N–H and O–H groups in total. The second-order valence-electron chi connectivity index (χ2n) is 6.11. The number of rotatable bonds is 4. The van der Waals surface area contributed by atoms with Crippen molar-refractivity contribution in [2.24, 2.45) is 11.7 Å². The normalized spacial score (nSPS) is 28.5. The number of likely N-dealkylation sites (tertiary alicyclic amines) is 1. The van der Waals surface area contributed by atoms with Crippen LogP contribution < -0.4 is 5.73 Å². The molecule has 0 aromatic heterocycles. The first-order chi connectivity index (χ1) is 7.93. The number of carbonyl (C=O) groups is 1. The summed E-state index contributed by atoms with van der Waals surface area (Å²) in [5.74, 6) is 0.583. The van der Waals surface area contributed by atoms with Crippen LogP contribution in [0.15, 0.2) is 0 Å². The largest absolute Gasteiger partial charge is 0.337 e. The first kappa shape index (κ1) is 12.8. The number of likely N-dealkylation sites (N-methyl/N-ethyl adjacent to an activating group) is 1. The quantitative estimate of drug-likeness (QED) is 0.784. The van der Waals surface area contributed by atoms with Gasteiger partial charge in [-0.1, -0.05) is 0 Å². The molecular weight excluding hydrogens is 214 g/mol. The molecule has 2 unspecified atom stereocenters. The molecule has 2 fully saturated rings. The Balaban J connectivity index is 2.02. The Morgan fingerprint density at radius 3 is 2.59 bits per heavy atom. The van der Waals surface area contributed by atoms with Gasteiger partial charge in [0.1, 0.15) is 0 Å². The van der Waals surface area contributed by atoms with Gasteiger partial charge in [0.15, 0.2) is 0 Å². The van der Waals surface area contributed by atoms with E-state index in [1.165, 1.54) is 0 Å². The average Bonchev–Trinajstić information content (AvgIpc) is 3.00. The van der Waals surface area contributed by atoms with Crippen molar-refractivity contribution in [2.45, 2.75) is 44.2 Å². The molecule has 1 heterocycles. The van der Waals surface area contributed by atoms with Crippen LogP contribution in [0.2, 0.25) is 0 Å². The van der Waals surface area contributed by atoms with E-state index in [0.29, 0.717) is 12.0 Å². The summed E-state index contributed by atoms with van der Waals surface area (Å²) in [6.07, 6.45) is 4.46. The van der Waals surface area contributed by atoms with Crippen LogP contribution in [-0.2, 0) is 4.79 Å². The fourth-order valence-electron chi connectivity index (χ4n) is 2.88. The molecule has 1 amide bonds. The molecule has 0 aromatic rings. The van der Waals surface area contributed by atoms with Gasteiger partial charge >= 0.3 is 0 Å². The average molecular weight is 239 g/mol. The molecule has 2 atom stereocenters. The highest BCUT2D eigenvalue weighted by atomic mass is 16.2. The number of amides is 1. The lowest BCUT2D eigenvalue weighted by atomic mass is 9.95. The van der Waals surface area contributed by atoms with Crippen molar-refractivity contribution in [1.29, 1.82) is 0 Å². The highest BCUT2D eigenvalue weighted by Gasteiger charge is 2.47. The maximum absolute atomic E-state index is 12.5. The van der Waals surface area contributed by atoms with Crippen LogP contribution in [0.4, 0.5) is 0 Å². The number of nitrogens with zero attached hydrogens (tertiary/aromatic N) is 2. The molecule has 2 rings (SSSR count).